The van der Waals surface area contributed by atoms with E-state index in [0.29, 0.717) is 16.8 Å². The summed E-state index contributed by atoms with van der Waals surface area (Å²) in [6, 6.07) is 0.303. The van der Waals surface area contributed by atoms with Gasteiger partial charge in [-0.3, -0.25) is 9.59 Å². The van der Waals surface area contributed by atoms with E-state index >= 15 is 0 Å². The van der Waals surface area contributed by atoms with Crippen LogP contribution >= 0.6 is 15.9 Å². The molecule has 0 aromatic heterocycles. The van der Waals surface area contributed by atoms with Gasteiger partial charge in [0.25, 0.3) is 0 Å². The van der Waals surface area contributed by atoms with Gasteiger partial charge in [0, 0.05) is 23.2 Å². The highest BCUT2D eigenvalue weighted by Crippen LogP contribution is 2.31. The summed E-state index contributed by atoms with van der Waals surface area (Å²) >= 11 is 3.63. The molecule has 2 atom stereocenters. The Morgan fingerprint density at radius 2 is 1.82 bits per heavy atom. The van der Waals surface area contributed by atoms with Crippen LogP contribution in [0.5, 0.6) is 0 Å². The maximum absolute atomic E-state index is 12.4. The normalized spacial score (nSPS) is 32.4. The lowest BCUT2D eigenvalue weighted by Crippen LogP contribution is -2.42. The summed E-state index contributed by atoms with van der Waals surface area (Å²) in [7, 11) is 0. The standard InChI is InChI=1S/C17H28BrNO3/c18-14-9-7-13(8-10-14)17(22)19-15-5-1-3-12(11-15)4-2-6-16(20)21/h12-15H,1-11H2,(H,19,22)(H,20,21). The summed E-state index contributed by atoms with van der Waals surface area (Å²) in [6.07, 6.45) is 10.6. The third-order valence-corrected chi connectivity index (χ3v) is 6.08. The fraction of sp³-hybridized carbons (Fsp3) is 0.882. The van der Waals surface area contributed by atoms with E-state index in [9.17, 15) is 9.59 Å². The van der Waals surface area contributed by atoms with Gasteiger partial charge in [-0.15, -0.1) is 0 Å². The van der Waals surface area contributed by atoms with Gasteiger partial charge in [0.15, 0.2) is 0 Å². The molecule has 1 amide bonds. The first-order valence-corrected chi connectivity index (χ1v) is 9.62. The number of halogens is 1. The largest absolute Gasteiger partial charge is 0.481 e. The minimum absolute atomic E-state index is 0.196. The zero-order valence-electron chi connectivity index (χ0n) is 13.2. The molecular weight excluding hydrogens is 346 g/mol. The molecule has 2 unspecified atom stereocenters. The predicted molar refractivity (Wildman–Crippen MR) is 90.0 cm³/mol. The van der Waals surface area contributed by atoms with Crippen LogP contribution in [0.15, 0.2) is 0 Å². The minimum Gasteiger partial charge on any atom is -0.481 e. The number of carboxylic acid groups (broad SMARTS) is 1. The molecule has 22 heavy (non-hydrogen) atoms. The lowest BCUT2D eigenvalue weighted by atomic mass is 9.82. The third kappa shape index (κ3) is 5.90. The molecule has 2 saturated carbocycles. The van der Waals surface area contributed by atoms with Crippen LogP contribution in [-0.4, -0.2) is 27.9 Å². The molecule has 2 fully saturated rings. The number of carboxylic acids is 1. The summed E-state index contributed by atoms with van der Waals surface area (Å²) in [6.45, 7) is 0. The number of nitrogens with one attached hydrogen (secondary N) is 1. The van der Waals surface area contributed by atoms with Crippen molar-refractivity contribution in [3.8, 4) is 0 Å². The van der Waals surface area contributed by atoms with Gasteiger partial charge < -0.3 is 10.4 Å². The van der Waals surface area contributed by atoms with Crippen molar-refractivity contribution in [1.29, 1.82) is 0 Å². The SMILES string of the molecule is O=C(O)CCCC1CCCC(NC(=O)C2CCC(Br)CC2)C1. The Hall–Kier alpha value is -0.580. The van der Waals surface area contributed by atoms with Crippen molar-refractivity contribution in [3.63, 3.8) is 0 Å². The first-order valence-electron chi connectivity index (χ1n) is 8.71. The molecule has 2 aliphatic rings. The Morgan fingerprint density at radius 3 is 2.50 bits per heavy atom. The van der Waals surface area contributed by atoms with E-state index in [4.69, 9.17) is 5.11 Å². The van der Waals surface area contributed by atoms with Crippen molar-refractivity contribution in [2.24, 2.45) is 11.8 Å². The Kier molecular flexibility index (Phi) is 7.19. The maximum atomic E-state index is 12.4. The lowest BCUT2D eigenvalue weighted by Gasteiger charge is -2.32. The average molecular weight is 374 g/mol. The first kappa shape index (κ1) is 17.8. The first-order chi connectivity index (χ1) is 10.5. The number of carbonyl (C=O) groups is 2. The number of hydrogen-bond acceptors (Lipinski definition) is 2. The van der Waals surface area contributed by atoms with Crippen LogP contribution in [0.25, 0.3) is 0 Å². The quantitative estimate of drug-likeness (QED) is 0.694. The number of alkyl halides is 1. The Morgan fingerprint density at radius 1 is 1.09 bits per heavy atom. The van der Waals surface area contributed by atoms with Crippen LogP contribution in [0.2, 0.25) is 0 Å². The fourth-order valence-corrected chi connectivity index (χ4v) is 4.39. The number of amides is 1. The van der Waals surface area contributed by atoms with E-state index in [-0.39, 0.29) is 18.2 Å². The number of rotatable bonds is 6. The van der Waals surface area contributed by atoms with Crippen LogP contribution in [0, 0.1) is 11.8 Å². The smallest absolute Gasteiger partial charge is 0.303 e. The molecule has 0 aromatic carbocycles. The molecule has 0 aliphatic heterocycles. The molecule has 0 aromatic rings. The van der Waals surface area contributed by atoms with Gasteiger partial charge >= 0.3 is 5.97 Å². The van der Waals surface area contributed by atoms with Gasteiger partial charge in [-0.25, -0.2) is 0 Å². The van der Waals surface area contributed by atoms with Crippen LogP contribution in [0.1, 0.15) is 70.6 Å². The van der Waals surface area contributed by atoms with Crippen molar-refractivity contribution in [2.75, 3.05) is 0 Å². The number of carbonyl (C=O) groups excluding carboxylic acids is 1. The minimum atomic E-state index is -0.706. The van der Waals surface area contributed by atoms with Gasteiger partial charge in [0.05, 0.1) is 0 Å². The van der Waals surface area contributed by atoms with Crippen molar-refractivity contribution in [1.82, 2.24) is 5.32 Å². The molecule has 5 heteroatoms. The van der Waals surface area contributed by atoms with E-state index < -0.39 is 5.97 Å². The molecule has 0 radical (unpaired) electrons. The molecule has 0 bridgehead atoms. The topological polar surface area (TPSA) is 66.4 Å². The second-order valence-electron chi connectivity index (χ2n) is 6.97. The van der Waals surface area contributed by atoms with Gasteiger partial charge in [-0.05, 0) is 57.3 Å². The molecule has 2 rings (SSSR count). The van der Waals surface area contributed by atoms with E-state index in [1.165, 1.54) is 6.42 Å². The Balaban J connectivity index is 1.70. The van der Waals surface area contributed by atoms with Gasteiger partial charge in [0.1, 0.15) is 0 Å². The second-order valence-corrected chi connectivity index (χ2v) is 8.27. The van der Waals surface area contributed by atoms with Crippen LogP contribution in [0.4, 0.5) is 0 Å². The second kappa shape index (κ2) is 8.90. The van der Waals surface area contributed by atoms with E-state index in [1.807, 2.05) is 0 Å². The molecule has 126 valence electrons. The summed E-state index contributed by atoms with van der Waals surface area (Å²) in [5.74, 6) is 0.316. The third-order valence-electron chi connectivity index (χ3n) is 5.16. The van der Waals surface area contributed by atoms with Crippen LogP contribution in [0.3, 0.4) is 0 Å². The van der Waals surface area contributed by atoms with Gasteiger partial charge in [0.2, 0.25) is 5.91 Å². The molecule has 2 N–H and O–H groups in total. The van der Waals surface area contributed by atoms with Gasteiger partial charge in [-0.1, -0.05) is 28.8 Å². The highest BCUT2D eigenvalue weighted by atomic mass is 79.9. The molecule has 4 nitrogen and oxygen atoms in total. The monoisotopic (exact) mass is 373 g/mol. The number of hydrogen-bond donors (Lipinski definition) is 2. The zero-order chi connectivity index (χ0) is 15.9. The van der Waals surface area contributed by atoms with Gasteiger partial charge in [-0.2, -0.15) is 0 Å². The lowest BCUT2D eigenvalue weighted by molar-refractivity contribution is -0.137. The average Bonchev–Trinajstić information content (AvgIpc) is 2.48. The molecule has 2 aliphatic carbocycles. The fourth-order valence-electron chi connectivity index (χ4n) is 3.86. The van der Waals surface area contributed by atoms with Crippen molar-refractivity contribution in [3.05, 3.63) is 0 Å². The summed E-state index contributed by atoms with van der Waals surface area (Å²) in [5.41, 5.74) is 0. The summed E-state index contributed by atoms with van der Waals surface area (Å²) in [4.78, 5) is 23.6. The molecular formula is C17H28BrNO3. The predicted octanol–water partition coefficient (Wildman–Crippen LogP) is 3.87. The molecule has 0 heterocycles. The highest BCUT2D eigenvalue weighted by Gasteiger charge is 2.28. The van der Waals surface area contributed by atoms with Crippen LogP contribution in [-0.2, 0) is 9.59 Å². The van der Waals surface area contributed by atoms with E-state index in [1.54, 1.807) is 0 Å². The highest BCUT2D eigenvalue weighted by molar-refractivity contribution is 9.09. The van der Waals surface area contributed by atoms with Crippen LogP contribution < -0.4 is 5.32 Å². The zero-order valence-corrected chi connectivity index (χ0v) is 14.8. The maximum Gasteiger partial charge on any atom is 0.303 e. The van der Waals surface area contributed by atoms with Crippen molar-refractivity contribution >= 4 is 27.8 Å². The van der Waals surface area contributed by atoms with Crippen molar-refractivity contribution in [2.45, 2.75) is 81.5 Å². The van der Waals surface area contributed by atoms with Crippen molar-refractivity contribution < 1.29 is 14.7 Å². The molecule has 0 spiro atoms. The summed E-state index contributed by atoms with van der Waals surface area (Å²) in [5, 5.41) is 12.0. The number of aliphatic carboxylic acids is 1. The van der Waals surface area contributed by atoms with E-state index in [0.717, 1.165) is 57.8 Å². The Labute approximate surface area is 141 Å². The summed E-state index contributed by atoms with van der Waals surface area (Å²) < 4.78 is 0. The molecule has 0 saturated heterocycles. The van der Waals surface area contributed by atoms with E-state index in [2.05, 4.69) is 21.2 Å². The Bertz CT molecular complexity index is 380.